The molecule has 0 unspecified atom stereocenters. The molecule has 3 aromatic rings. The zero-order valence-corrected chi connectivity index (χ0v) is 12.5. The molecule has 1 aliphatic heterocycles. The summed E-state index contributed by atoms with van der Waals surface area (Å²) in [5.41, 5.74) is 1.66. The Labute approximate surface area is 132 Å². The zero-order valence-electron chi connectivity index (χ0n) is 12.5. The number of furan rings is 1. The Bertz CT molecular complexity index is 762. The van der Waals surface area contributed by atoms with E-state index in [1.54, 1.807) is 18.7 Å². The Kier molecular flexibility index (Phi) is 3.87. The summed E-state index contributed by atoms with van der Waals surface area (Å²) in [5.74, 6) is 1.87. The van der Waals surface area contributed by atoms with E-state index in [9.17, 15) is 0 Å². The monoisotopic (exact) mass is 312 g/mol. The van der Waals surface area contributed by atoms with Crippen molar-refractivity contribution in [1.29, 1.82) is 0 Å². The molecule has 118 valence electrons. The van der Waals surface area contributed by atoms with Gasteiger partial charge in [-0.15, -0.1) is 0 Å². The summed E-state index contributed by atoms with van der Waals surface area (Å²) >= 11 is 0. The Morgan fingerprint density at radius 3 is 2.74 bits per heavy atom. The van der Waals surface area contributed by atoms with Gasteiger partial charge in [-0.3, -0.25) is 9.88 Å². The van der Waals surface area contributed by atoms with Gasteiger partial charge >= 0.3 is 0 Å². The van der Waals surface area contributed by atoms with Gasteiger partial charge in [0, 0.05) is 31.0 Å². The maximum absolute atomic E-state index is 5.62. The number of rotatable bonds is 4. The van der Waals surface area contributed by atoms with Gasteiger partial charge in [-0.05, 0) is 18.2 Å². The van der Waals surface area contributed by atoms with Crippen LogP contribution >= 0.6 is 0 Å². The molecule has 1 aliphatic rings. The molecule has 0 radical (unpaired) electrons. The summed E-state index contributed by atoms with van der Waals surface area (Å²) in [5, 5.41) is 4.01. The van der Waals surface area contributed by atoms with Gasteiger partial charge in [0.1, 0.15) is 12.0 Å². The Hall–Kier alpha value is -2.51. The standard InChI is InChI=1S/C16H16N4O3/c1-3-17-4-2-12(1)15-18-16(23-19-15)13-9-14(22-11-13)10-20-5-7-21-8-6-20/h1-4,9,11H,5-8,10H2. The Balaban J connectivity index is 1.49. The highest BCUT2D eigenvalue weighted by Gasteiger charge is 2.16. The first-order valence-electron chi connectivity index (χ1n) is 7.50. The van der Waals surface area contributed by atoms with Crippen LogP contribution < -0.4 is 0 Å². The third-order valence-electron chi connectivity index (χ3n) is 3.75. The van der Waals surface area contributed by atoms with Crippen molar-refractivity contribution in [2.75, 3.05) is 26.3 Å². The molecular weight excluding hydrogens is 296 g/mol. The van der Waals surface area contributed by atoms with Crippen molar-refractivity contribution >= 4 is 0 Å². The number of aromatic nitrogens is 3. The van der Waals surface area contributed by atoms with Crippen LogP contribution in [0.25, 0.3) is 22.8 Å². The van der Waals surface area contributed by atoms with Gasteiger partial charge in [0.15, 0.2) is 0 Å². The van der Waals surface area contributed by atoms with E-state index in [4.69, 9.17) is 13.7 Å². The van der Waals surface area contributed by atoms with Crippen LogP contribution in [0, 0.1) is 0 Å². The molecule has 0 atom stereocenters. The molecule has 0 aromatic carbocycles. The molecule has 7 heteroatoms. The molecule has 0 bridgehead atoms. The number of hydrogen-bond acceptors (Lipinski definition) is 7. The van der Waals surface area contributed by atoms with Gasteiger partial charge in [0.2, 0.25) is 5.82 Å². The first-order valence-corrected chi connectivity index (χ1v) is 7.50. The van der Waals surface area contributed by atoms with Gasteiger partial charge in [-0.25, -0.2) is 0 Å². The summed E-state index contributed by atoms with van der Waals surface area (Å²) in [7, 11) is 0. The average molecular weight is 312 g/mol. The summed E-state index contributed by atoms with van der Waals surface area (Å²) < 4.78 is 16.3. The second-order valence-corrected chi connectivity index (χ2v) is 5.35. The lowest BCUT2D eigenvalue weighted by atomic mass is 10.2. The third kappa shape index (κ3) is 3.15. The lowest BCUT2D eigenvalue weighted by Gasteiger charge is -2.25. The maximum Gasteiger partial charge on any atom is 0.261 e. The Morgan fingerprint density at radius 2 is 1.91 bits per heavy atom. The first-order chi connectivity index (χ1) is 11.4. The molecule has 0 spiro atoms. The minimum Gasteiger partial charge on any atom is -0.467 e. The van der Waals surface area contributed by atoms with Gasteiger partial charge < -0.3 is 13.7 Å². The minimum atomic E-state index is 0.453. The molecule has 0 amide bonds. The molecule has 23 heavy (non-hydrogen) atoms. The van der Waals surface area contributed by atoms with E-state index >= 15 is 0 Å². The Morgan fingerprint density at radius 1 is 1.09 bits per heavy atom. The van der Waals surface area contributed by atoms with Crippen molar-refractivity contribution in [2.24, 2.45) is 0 Å². The van der Waals surface area contributed by atoms with Crippen molar-refractivity contribution in [3.8, 4) is 22.8 Å². The van der Waals surface area contributed by atoms with Crippen molar-refractivity contribution < 1.29 is 13.7 Å². The smallest absolute Gasteiger partial charge is 0.261 e. The molecule has 4 heterocycles. The largest absolute Gasteiger partial charge is 0.467 e. The van der Waals surface area contributed by atoms with Crippen LogP contribution in [0.2, 0.25) is 0 Å². The predicted molar refractivity (Wildman–Crippen MR) is 81.3 cm³/mol. The molecule has 1 fully saturated rings. The van der Waals surface area contributed by atoms with E-state index in [-0.39, 0.29) is 0 Å². The zero-order chi connectivity index (χ0) is 15.5. The van der Waals surface area contributed by atoms with Crippen LogP contribution in [0.5, 0.6) is 0 Å². The SMILES string of the molecule is c1cc(-c2noc(-c3coc(CN4CCOCC4)c3)n2)ccn1. The summed E-state index contributed by atoms with van der Waals surface area (Å²) in [6.45, 7) is 4.14. The number of morpholine rings is 1. The van der Waals surface area contributed by atoms with E-state index in [1.165, 1.54) is 0 Å². The van der Waals surface area contributed by atoms with Crippen molar-refractivity contribution in [3.63, 3.8) is 0 Å². The van der Waals surface area contributed by atoms with Gasteiger partial charge in [-0.2, -0.15) is 4.98 Å². The minimum absolute atomic E-state index is 0.453. The number of ether oxygens (including phenoxy) is 1. The lowest BCUT2D eigenvalue weighted by Crippen LogP contribution is -2.35. The van der Waals surface area contributed by atoms with E-state index in [0.717, 1.165) is 49.7 Å². The number of hydrogen-bond donors (Lipinski definition) is 0. The fraction of sp³-hybridized carbons (Fsp3) is 0.312. The molecule has 0 saturated carbocycles. The van der Waals surface area contributed by atoms with Crippen LogP contribution in [0.15, 0.2) is 45.8 Å². The summed E-state index contributed by atoms with van der Waals surface area (Å²) in [6.07, 6.45) is 5.05. The normalized spacial score (nSPS) is 15.8. The van der Waals surface area contributed by atoms with Crippen LogP contribution in [0.4, 0.5) is 0 Å². The maximum atomic E-state index is 5.62. The van der Waals surface area contributed by atoms with Crippen LogP contribution in [-0.4, -0.2) is 46.3 Å². The molecule has 4 rings (SSSR count). The predicted octanol–water partition coefficient (Wildman–Crippen LogP) is 2.22. The molecule has 7 nitrogen and oxygen atoms in total. The number of nitrogens with zero attached hydrogens (tertiary/aromatic N) is 4. The molecule has 0 aliphatic carbocycles. The van der Waals surface area contributed by atoms with E-state index in [2.05, 4.69) is 20.0 Å². The van der Waals surface area contributed by atoms with E-state index < -0.39 is 0 Å². The lowest BCUT2D eigenvalue weighted by molar-refractivity contribution is 0.0313. The fourth-order valence-electron chi connectivity index (χ4n) is 2.51. The van der Waals surface area contributed by atoms with Crippen LogP contribution in [0.1, 0.15) is 5.76 Å². The van der Waals surface area contributed by atoms with Crippen LogP contribution in [-0.2, 0) is 11.3 Å². The third-order valence-corrected chi connectivity index (χ3v) is 3.75. The van der Waals surface area contributed by atoms with Gasteiger partial charge in [0.25, 0.3) is 5.89 Å². The summed E-state index contributed by atoms with van der Waals surface area (Å²) in [6, 6.07) is 5.63. The van der Waals surface area contributed by atoms with Crippen molar-refractivity contribution in [1.82, 2.24) is 20.0 Å². The quantitative estimate of drug-likeness (QED) is 0.731. The molecule has 3 aromatic heterocycles. The highest BCUT2D eigenvalue weighted by molar-refractivity contribution is 5.58. The molecule has 1 saturated heterocycles. The second kappa shape index (κ2) is 6.31. The highest BCUT2D eigenvalue weighted by atomic mass is 16.5. The molecule has 0 N–H and O–H groups in total. The average Bonchev–Trinajstić information content (AvgIpc) is 3.26. The summed E-state index contributed by atoms with van der Waals surface area (Å²) in [4.78, 5) is 10.7. The fourth-order valence-corrected chi connectivity index (χ4v) is 2.51. The first kappa shape index (κ1) is 14.1. The van der Waals surface area contributed by atoms with Crippen molar-refractivity contribution in [2.45, 2.75) is 6.54 Å². The second-order valence-electron chi connectivity index (χ2n) is 5.35. The van der Waals surface area contributed by atoms with Gasteiger partial charge in [0.05, 0.1) is 25.3 Å². The van der Waals surface area contributed by atoms with E-state index in [0.29, 0.717) is 11.7 Å². The van der Waals surface area contributed by atoms with Crippen molar-refractivity contribution in [3.05, 3.63) is 42.6 Å². The highest BCUT2D eigenvalue weighted by Crippen LogP contribution is 2.24. The van der Waals surface area contributed by atoms with E-state index in [1.807, 2.05) is 18.2 Å². The topological polar surface area (TPSA) is 77.4 Å². The van der Waals surface area contributed by atoms with Crippen LogP contribution in [0.3, 0.4) is 0 Å². The molecular formula is C16H16N4O3. The van der Waals surface area contributed by atoms with Gasteiger partial charge in [-0.1, -0.05) is 5.16 Å². The number of pyridine rings is 1.